The van der Waals surface area contributed by atoms with Crippen LogP contribution in [-0.2, 0) is 0 Å². The van der Waals surface area contributed by atoms with Gasteiger partial charge in [0.25, 0.3) is 0 Å². The zero-order valence-electron chi connectivity index (χ0n) is 19.2. The van der Waals surface area contributed by atoms with E-state index in [1.54, 1.807) is 0 Å². The van der Waals surface area contributed by atoms with Gasteiger partial charge in [-0.25, -0.2) is 0 Å². The largest absolute Gasteiger partial charge is 0.389 e. The molecule has 32 heavy (non-hydrogen) atoms. The standard InChI is InChI=1S/C27H36N2O.2ClH/c1-3-22-9-5-6-10-25(22)23-11-13-24(14-12-23)26(27(30)15-7-4-8-16-27)21-29-19-17-28(2)18-20-29;;/h3,5-6,9-14,26,30H,1,4,7-8,15-21H2,2H3;2*1H. The summed E-state index contributed by atoms with van der Waals surface area (Å²) in [4.78, 5) is 4.95. The van der Waals surface area contributed by atoms with Crippen LogP contribution in [0.4, 0.5) is 0 Å². The third-order valence-corrected chi connectivity index (χ3v) is 7.21. The van der Waals surface area contributed by atoms with Gasteiger partial charge in [0, 0.05) is 38.6 Å². The number of benzene rings is 2. The fourth-order valence-corrected chi connectivity index (χ4v) is 5.22. The minimum Gasteiger partial charge on any atom is -0.389 e. The normalized spacial score (nSPS) is 19.9. The van der Waals surface area contributed by atoms with Gasteiger partial charge in [-0.15, -0.1) is 24.8 Å². The first-order valence-corrected chi connectivity index (χ1v) is 11.5. The second-order valence-corrected chi connectivity index (χ2v) is 9.23. The SMILES string of the molecule is C=Cc1ccccc1-c1ccc(C(CN2CCN(C)CC2)C2(O)CCCCC2)cc1.Cl.Cl. The smallest absolute Gasteiger partial charge is 0.0728 e. The van der Waals surface area contributed by atoms with E-state index in [0.29, 0.717) is 0 Å². The number of hydrogen-bond donors (Lipinski definition) is 1. The summed E-state index contributed by atoms with van der Waals surface area (Å²) >= 11 is 0. The number of aliphatic hydroxyl groups is 1. The maximum absolute atomic E-state index is 11.7. The highest BCUT2D eigenvalue weighted by molar-refractivity contribution is 5.85. The van der Waals surface area contributed by atoms with E-state index in [9.17, 15) is 5.11 Å². The zero-order valence-corrected chi connectivity index (χ0v) is 20.8. The van der Waals surface area contributed by atoms with Crippen molar-refractivity contribution in [1.82, 2.24) is 9.80 Å². The Labute approximate surface area is 206 Å². The summed E-state index contributed by atoms with van der Waals surface area (Å²) in [7, 11) is 2.20. The van der Waals surface area contributed by atoms with Crippen molar-refractivity contribution in [3.05, 3.63) is 66.2 Å². The molecule has 176 valence electrons. The third-order valence-electron chi connectivity index (χ3n) is 7.21. The Bertz CT molecular complexity index is 841. The molecule has 0 radical (unpaired) electrons. The van der Waals surface area contributed by atoms with Gasteiger partial charge < -0.3 is 14.9 Å². The lowest BCUT2D eigenvalue weighted by Crippen LogP contribution is -2.50. The summed E-state index contributed by atoms with van der Waals surface area (Å²) in [5.41, 5.74) is 4.28. The molecular weight excluding hydrogens is 439 g/mol. The van der Waals surface area contributed by atoms with Crippen molar-refractivity contribution in [2.75, 3.05) is 39.8 Å². The molecular formula is C27H38Cl2N2O. The van der Waals surface area contributed by atoms with Crippen molar-refractivity contribution in [2.45, 2.75) is 43.6 Å². The van der Waals surface area contributed by atoms with E-state index in [2.05, 4.69) is 72.0 Å². The van der Waals surface area contributed by atoms with Gasteiger partial charge >= 0.3 is 0 Å². The quantitative estimate of drug-likeness (QED) is 0.564. The molecule has 1 saturated carbocycles. The molecule has 5 heteroatoms. The highest BCUT2D eigenvalue weighted by atomic mass is 35.5. The molecule has 1 aliphatic carbocycles. The number of nitrogens with zero attached hydrogens (tertiary/aromatic N) is 2. The van der Waals surface area contributed by atoms with Crippen LogP contribution < -0.4 is 0 Å². The van der Waals surface area contributed by atoms with E-state index in [4.69, 9.17) is 0 Å². The lowest BCUT2D eigenvalue weighted by atomic mass is 9.72. The molecule has 2 aliphatic rings. The monoisotopic (exact) mass is 476 g/mol. The Hall–Kier alpha value is -1.36. The molecule has 0 amide bonds. The van der Waals surface area contributed by atoms with Crippen LogP contribution in [0.2, 0.25) is 0 Å². The number of halogens is 2. The molecule has 2 fully saturated rings. The molecule has 4 rings (SSSR count). The third kappa shape index (κ3) is 6.15. The first kappa shape index (κ1) is 26.9. The molecule has 0 bridgehead atoms. The maximum atomic E-state index is 11.7. The summed E-state index contributed by atoms with van der Waals surface area (Å²) < 4.78 is 0. The van der Waals surface area contributed by atoms with Crippen molar-refractivity contribution >= 4 is 30.9 Å². The average molecular weight is 478 g/mol. The Balaban J connectivity index is 0.00000181. The van der Waals surface area contributed by atoms with E-state index in [1.807, 2.05) is 6.08 Å². The van der Waals surface area contributed by atoms with Gasteiger partial charge in [-0.3, -0.25) is 0 Å². The Kier molecular flexibility index (Phi) is 10.3. The van der Waals surface area contributed by atoms with Crippen LogP contribution in [0.15, 0.2) is 55.1 Å². The molecule has 2 aromatic rings. The van der Waals surface area contributed by atoms with Gasteiger partial charge in [0.05, 0.1) is 5.60 Å². The second kappa shape index (κ2) is 12.2. The van der Waals surface area contributed by atoms with Gasteiger partial charge in [0.1, 0.15) is 0 Å². The fraction of sp³-hybridized carbons (Fsp3) is 0.481. The average Bonchev–Trinajstić information content (AvgIpc) is 2.79. The molecule has 3 nitrogen and oxygen atoms in total. The van der Waals surface area contributed by atoms with Gasteiger partial charge in [-0.2, -0.15) is 0 Å². The molecule has 1 unspecified atom stereocenters. The van der Waals surface area contributed by atoms with E-state index < -0.39 is 5.60 Å². The van der Waals surface area contributed by atoms with Crippen molar-refractivity contribution in [1.29, 1.82) is 0 Å². The van der Waals surface area contributed by atoms with E-state index in [0.717, 1.165) is 64.0 Å². The van der Waals surface area contributed by atoms with Crippen LogP contribution in [0.1, 0.15) is 49.1 Å². The molecule has 2 aromatic carbocycles. The lowest BCUT2D eigenvalue weighted by molar-refractivity contribution is -0.0337. The highest BCUT2D eigenvalue weighted by Crippen LogP contribution is 2.41. The first-order chi connectivity index (χ1) is 14.6. The molecule has 0 aromatic heterocycles. The first-order valence-electron chi connectivity index (χ1n) is 11.5. The summed E-state index contributed by atoms with van der Waals surface area (Å²) in [6.45, 7) is 9.32. The summed E-state index contributed by atoms with van der Waals surface area (Å²) in [5.74, 6) is 0.171. The minimum absolute atomic E-state index is 0. The van der Waals surface area contributed by atoms with Crippen LogP contribution in [0.3, 0.4) is 0 Å². The van der Waals surface area contributed by atoms with Crippen LogP contribution in [0, 0.1) is 0 Å². The van der Waals surface area contributed by atoms with Gasteiger partial charge in [-0.05, 0) is 42.1 Å². The summed E-state index contributed by atoms with van der Waals surface area (Å²) in [5, 5.41) is 11.7. The number of rotatable bonds is 6. The molecule has 1 heterocycles. The minimum atomic E-state index is -0.581. The predicted molar refractivity (Wildman–Crippen MR) is 141 cm³/mol. The summed E-state index contributed by atoms with van der Waals surface area (Å²) in [6.07, 6.45) is 7.30. The Morgan fingerprint density at radius 3 is 2.19 bits per heavy atom. The molecule has 1 saturated heterocycles. The van der Waals surface area contributed by atoms with Crippen molar-refractivity contribution in [3.8, 4) is 11.1 Å². The van der Waals surface area contributed by atoms with Crippen LogP contribution >= 0.6 is 24.8 Å². The highest BCUT2D eigenvalue weighted by Gasteiger charge is 2.39. The molecule has 1 atom stereocenters. The molecule has 0 spiro atoms. The van der Waals surface area contributed by atoms with Crippen molar-refractivity contribution in [3.63, 3.8) is 0 Å². The Morgan fingerprint density at radius 2 is 1.56 bits per heavy atom. The second-order valence-electron chi connectivity index (χ2n) is 9.23. The van der Waals surface area contributed by atoms with Crippen LogP contribution in [0.25, 0.3) is 17.2 Å². The van der Waals surface area contributed by atoms with Gasteiger partial charge in [0.2, 0.25) is 0 Å². The van der Waals surface area contributed by atoms with Gasteiger partial charge in [0.15, 0.2) is 0 Å². The topological polar surface area (TPSA) is 26.7 Å². The van der Waals surface area contributed by atoms with Crippen molar-refractivity contribution in [2.24, 2.45) is 0 Å². The van der Waals surface area contributed by atoms with Crippen LogP contribution in [0.5, 0.6) is 0 Å². The van der Waals surface area contributed by atoms with Crippen LogP contribution in [-0.4, -0.2) is 60.3 Å². The van der Waals surface area contributed by atoms with E-state index in [-0.39, 0.29) is 30.7 Å². The predicted octanol–water partition coefficient (Wildman–Crippen LogP) is 5.87. The molecule has 1 aliphatic heterocycles. The van der Waals surface area contributed by atoms with E-state index >= 15 is 0 Å². The fourth-order valence-electron chi connectivity index (χ4n) is 5.22. The maximum Gasteiger partial charge on any atom is 0.0728 e. The van der Waals surface area contributed by atoms with Gasteiger partial charge in [-0.1, -0.05) is 80.4 Å². The summed E-state index contributed by atoms with van der Waals surface area (Å²) in [6, 6.07) is 17.4. The number of likely N-dealkylation sites (N-methyl/N-ethyl adjacent to an activating group) is 1. The number of hydrogen-bond acceptors (Lipinski definition) is 3. The van der Waals surface area contributed by atoms with Crippen molar-refractivity contribution < 1.29 is 5.11 Å². The lowest BCUT2D eigenvalue weighted by Gasteiger charge is -2.43. The zero-order chi connectivity index (χ0) is 21.0. The number of piperazine rings is 1. The van der Waals surface area contributed by atoms with E-state index in [1.165, 1.54) is 23.1 Å². The molecule has 1 N–H and O–H groups in total. The Morgan fingerprint density at radius 1 is 0.938 bits per heavy atom.